The fourth-order valence-corrected chi connectivity index (χ4v) is 4.58. The maximum atomic E-state index is 10.7. The van der Waals surface area contributed by atoms with E-state index in [1.54, 1.807) is 11.3 Å². The smallest absolute Gasteiger partial charge is 0.303 e. The highest BCUT2D eigenvalue weighted by Crippen LogP contribution is 2.36. The molecule has 0 radical (unpaired) electrons. The standard InChI is InChI=1S/C22H23NO3S/c24-22(25)11-6-15-4-8-18(9-5-15)26-19-3-1-2-16(12-19)17-7-10-20-21(13-17)27-14-23-20/h4-5,7-10,13-14,16,19H,1-3,6,11-12H2,(H,24,25). The number of aliphatic carboxylic acids is 1. The first-order valence-electron chi connectivity index (χ1n) is 9.48. The third-order valence-electron chi connectivity index (χ3n) is 5.31. The minimum Gasteiger partial charge on any atom is -0.490 e. The van der Waals surface area contributed by atoms with Crippen molar-refractivity contribution in [3.8, 4) is 5.75 Å². The summed E-state index contributed by atoms with van der Waals surface area (Å²) in [5.74, 6) is 0.641. The lowest BCUT2D eigenvalue weighted by Gasteiger charge is -2.30. The second-order valence-corrected chi connectivity index (χ2v) is 8.11. The molecule has 27 heavy (non-hydrogen) atoms. The van der Waals surface area contributed by atoms with Crippen LogP contribution in [0.15, 0.2) is 48.0 Å². The molecular weight excluding hydrogens is 358 g/mol. The van der Waals surface area contributed by atoms with E-state index in [0.717, 1.165) is 29.7 Å². The molecular formula is C22H23NO3S. The van der Waals surface area contributed by atoms with E-state index in [1.165, 1.54) is 23.1 Å². The first kappa shape index (κ1) is 18.0. The Morgan fingerprint density at radius 1 is 1.19 bits per heavy atom. The molecule has 2 unspecified atom stereocenters. The number of aromatic nitrogens is 1. The number of ether oxygens (including phenoxy) is 1. The molecule has 1 aliphatic carbocycles. The van der Waals surface area contributed by atoms with Crippen molar-refractivity contribution in [1.29, 1.82) is 0 Å². The third-order valence-corrected chi connectivity index (χ3v) is 6.10. The summed E-state index contributed by atoms with van der Waals surface area (Å²) in [5.41, 5.74) is 5.41. The summed E-state index contributed by atoms with van der Waals surface area (Å²) in [7, 11) is 0. The molecule has 0 bridgehead atoms. The molecule has 1 N–H and O–H groups in total. The molecule has 1 heterocycles. The maximum Gasteiger partial charge on any atom is 0.303 e. The summed E-state index contributed by atoms with van der Waals surface area (Å²) in [6, 6.07) is 14.5. The van der Waals surface area contributed by atoms with Gasteiger partial charge in [-0.1, -0.05) is 18.2 Å². The number of fused-ring (bicyclic) bond motifs is 1. The summed E-state index contributed by atoms with van der Waals surface area (Å²) in [5, 5.41) is 8.78. The van der Waals surface area contributed by atoms with Gasteiger partial charge < -0.3 is 9.84 Å². The van der Waals surface area contributed by atoms with Crippen LogP contribution in [-0.2, 0) is 11.2 Å². The third kappa shape index (κ3) is 4.48. The van der Waals surface area contributed by atoms with Gasteiger partial charge in [0.05, 0.1) is 21.8 Å². The SMILES string of the molecule is O=C(O)CCc1ccc(OC2CCCC(c3ccc4ncsc4c3)C2)cc1. The fourth-order valence-electron chi connectivity index (χ4n) is 3.86. The number of thiazole rings is 1. The molecule has 1 fully saturated rings. The van der Waals surface area contributed by atoms with E-state index in [2.05, 4.69) is 23.2 Å². The quantitative estimate of drug-likeness (QED) is 0.619. The number of benzene rings is 2. The van der Waals surface area contributed by atoms with E-state index in [9.17, 15) is 4.79 Å². The maximum absolute atomic E-state index is 10.7. The van der Waals surface area contributed by atoms with Crippen LogP contribution in [0.25, 0.3) is 10.2 Å². The van der Waals surface area contributed by atoms with Gasteiger partial charge in [-0.3, -0.25) is 4.79 Å². The average Bonchev–Trinajstić information content (AvgIpc) is 3.15. The van der Waals surface area contributed by atoms with Gasteiger partial charge in [0.15, 0.2) is 0 Å². The molecule has 140 valence electrons. The van der Waals surface area contributed by atoms with E-state index in [-0.39, 0.29) is 12.5 Å². The van der Waals surface area contributed by atoms with Crippen LogP contribution < -0.4 is 4.74 Å². The topological polar surface area (TPSA) is 59.4 Å². The zero-order valence-corrected chi connectivity index (χ0v) is 16.0. The summed E-state index contributed by atoms with van der Waals surface area (Å²) in [6.07, 6.45) is 5.44. The van der Waals surface area contributed by atoms with Crippen LogP contribution in [0.4, 0.5) is 0 Å². The predicted octanol–water partition coefficient (Wildman–Crippen LogP) is 5.42. The largest absolute Gasteiger partial charge is 0.490 e. The zero-order valence-electron chi connectivity index (χ0n) is 15.1. The molecule has 2 atom stereocenters. The van der Waals surface area contributed by atoms with Crippen LogP contribution >= 0.6 is 11.3 Å². The lowest BCUT2D eigenvalue weighted by molar-refractivity contribution is -0.136. The number of carboxylic acid groups (broad SMARTS) is 1. The van der Waals surface area contributed by atoms with E-state index >= 15 is 0 Å². The normalized spacial score (nSPS) is 19.9. The Morgan fingerprint density at radius 2 is 2.04 bits per heavy atom. The highest BCUT2D eigenvalue weighted by molar-refractivity contribution is 7.16. The number of hydrogen-bond acceptors (Lipinski definition) is 4. The highest BCUT2D eigenvalue weighted by Gasteiger charge is 2.25. The fraction of sp³-hybridized carbons (Fsp3) is 0.364. The van der Waals surface area contributed by atoms with Gasteiger partial charge in [-0.2, -0.15) is 0 Å². The second-order valence-electron chi connectivity index (χ2n) is 7.22. The van der Waals surface area contributed by atoms with Gasteiger partial charge in [-0.15, -0.1) is 11.3 Å². The molecule has 1 aromatic heterocycles. The van der Waals surface area contributed by atoms with Gasteiger partial charge in [-0.05, 0) is 73.4 Å². The van der Waals surface area contributed by atoms with Crippen molar-refractivity contribution in [1.82, 2.24) is 4.98 Å². The van der Waals surface area contributed by atoms with Gasteiger partial charge in [0.2, 0.25) is 0 Å². The van der Waals surface area contributed by atoms with Gasteiger partial charge in [0.25, 0.3) is 0 Å². The lowest BCUT2D eigenvalue weighted by atomic mass is 9.82. The Bertz CT molecular complexity index is 919. The molecule has 0 amide bonds. The molecule has 0 spiro atoms. The Kier molecular flexibility index (Phi) is 5.39. The number of nitrogens with zero attached hydrogens (tertiary/aromatic N) is 1. The monoisotopic (exact) mass is 381 g/mol. The molecule has 5 heteroatoms. The Hall–Kier alpha value is -2.40. The Balaban J connectivity index is 1.38. The molecule has 0 saturated heterocycles. The van der Waals surface area contributed by atoms with Crippen LogP contribution in [-0.4, -0.2) is 22.2 Å². The van der Waals surface area contributed by atoms with Crippen LogP contribution in [0, 0.1) is 0 Å². The number of rotatable bonds is 6. The molecule has 1 aliphatic rings. The molecule has 1 saturated carbocycles. The first-order valence-corrected chi connectivity index (χ1v) is 10.4. The predicted molar refractivity (Wildman–Crippen MR) is 108 cm³/mol. The summed E-state index contributed by atoms with van der Waals surface area (Å²) < 4.78 is 7.49. The Labute approximate surface area is 162 Å². The van der Waals surface area contributed by atoms with Crippen LogP contribution in [0.1, 0.15) is 49.1 Å². The van der Waals surface area contributed by atoms with E-state index in [1.807, 2.05) is 29.8 Å². The number of hydrogen-bond donors (Lipinski definition) is 1. The Morgan fingerprint density at radius 3 is 2.85 bits per heavy atom. The summed E-state index contributed by atoms with van der Waals surface area (Å²) >= 11 is 1.70. The highest BCUT2D eigenvalue weighted by atomic mass is 32.1. The summed E-state index contributed by atoms with van der Waals surface area (Å²) in [6.45, 7) is 0. The van der Waals surface area contributed by atoms with Crippen molar-refractivity contribution in [3.63, 3.8) is 0 Å². The minimum atomic E-state index is -0.764. The van der Waals surface area contributed by atoms with Crippen molar-refractivity contribution >= 4 is 27.5 Å². The molecule has 2 aromatic carbocycles. The van der Waals surface area contributed by atoms with Crippen molar-refractivity contribution < 1.29 is 14.6 Å². The van der Waals surface area contributed by atoms with Gasteiger partial charge in [0, 0.05) is 6.42 Å². The van der Waals surface area contributed by atoms with E-state index in [0.29, 0.717) is 12.3 Å². The van der Waals surface area contributed by atoms with E-state index < -0.39 is 5.97 Å². The molecule has 3 aromatic rings. The molecule has 4 nitrogen and oxygen atoms in total. The van der Waals surface area contributed by atoms with Crippen LogP contribution in [0.2, 0.25) is 0 Å². The molecule has 4 rings (SSSR count). The van der Waals surface area contributed by atoms with Crippen LogP contribution in [0.3, 0.4) is 0 Å². The molecule has 0 aliphatic heterocycles. The number of aryl methyl sites for hydroxylation is 1. The number of carboxylic acids is 1. The minimum absolute atomic E-state index is 0.161. The van der Waals surface area contributed by atoms with Crippen LogP contribution in [0.5, 0.6) is 5.75 Å². The van der Waals surface area contributed by atoms with Crippen molar-refractivity contribution in [2.45, 2.75) is 50.5 Å². The first-order chi connectivity index (χ1) is 13.2. The average molecular weight is 381 g/mol. The second kappa shape index (κ2) is 8.09. The van der Waals surface area contributed by atoms with Crippen molar-refractivity contribution in [2.24, 2.45) is 0 Å². The van der Waals surface area contributed by atoms with E-state index in [4.69, 9.17) is 9.84 Å². The van der Waals surface area contributed by atoms with Gasteiger partial charge in [-0.25, -0.2) is 4.98 Å². The zero-order chi connectivity index (χ0) is 18.6. The number of carbonyl (C=O) groups is 1. The summed E-state index contributed by atoms with van der Waals surface area (Å²) in [4.78, 5) is 15.0. The van der Waals surface area contributed by atoms with Gasteiger partial charge in [0.1, 0.15) is 5.75 Å². The van der Waals surface area contributed by atoms with Gasteiger partial charge >= 0.3 is 5.97 Å². The lowest BCUT2D eigenvalue weighted by Crippen LogP contribution is -2.24. The van der Waals surface area contributed by atoms with Crippen molar-refractivity contribution in [2.75, 3.05) is 0 Å². The van der Waals surface area contributed by atoms with Crippen molar-refractivity contribution in [3.05, 3.63) is 59.1 Å².